The van der Waals surface area contributed by atoms with Gasteiger partial charge in [-0.05, 0) is 6.92 Å². The molecule has 4 heteroatoms. The van der Waals surface area contributed by atoms with Crippen molar-refractivity contribution in [3.63, 3.8) is 0 Å². The lowest BCUT2D eigenvalue weighted by molar-refractivity contribution is 0.379. The Hall–Kier alpha value is -1.45. The Bertz CT molecular complexity index is 317. The molecule has 10 heavy (non-hydrogen) atoms. The van der Waals surface area contributed by atoms with Gasteiger partial charge in [0.1, 0.15) is 11.5 Å². The molecule has 0 spiro atoms. The van der Waals surface area contributed by atoms with Gasteiger partial charge in [0, 0.05) is 6.07 Å². The monoisotopic (exact) mass is 135 g/mol. The largest absolute Gasteiger partial charge is 0.361 e. The van der Waals surface area contributed by atoms with Crippen molar-refractivity contribution in [2.75, 3.05) is 0 Å². The van der Waals surface area contributed by atoms with Crippen molar-refractivity contribution >= 4 is 0 Å². The van der Waals surface area contributed by atoms with Crippen LogP contribution < -0.4 is 0 Å². The van der Waals surface area contributed by atoms with Crippen molar-refractivity contribution in [2.45, 2.75) is 6.92 Å². The molecule has 0 radical (unpaired) electrons. The Morgan fingerprint density at radius 3 is 3.20 bits per heavy atom. The van der Waals surface area contributed by atoms with Gasteiger partial charge in [-0.1, -0.05) is 5.16 Å². The highest BCUT2D eigenvalue weighted by Gasteiger charge is 2.06. The number of rotatable bonds is 0. The SMILES string of the molecule is Cc1cc2nncc-2no1. The number of hydrogen-bond donors (Lipinski definition) is 0. The molecule has 0 unspecified atom stereocenters. The zero-order valence-corrected chi connectivity index (χ0v) is 5.40. The average molecular weight is 135 g/mol. The van der Waals surface area contributed by atoms with Crippen LogP contribution in [0.1, 0.15) is 5.76 Å². The third-order valence-electron chi connectivity index (χ3n) is 1.24. The molecule has 0 fully saturated rings. The summed E-state index contributed by atoms with van der Waals surface area (Å²) >= 11 is 0. The molecule has 2 aliphatic rings. The topological polar surface area (TPSA) is 51.8 Å². The molecule has 4 nitrogen and oxygen atoms in total. The Balaban J connectivity index is 2.75. The smallest absolute Gasteiger partial charge is 0.151 e. The van der Waals surface area contributed by atoms with E-state index < -0.39 is 0 Å². The van der Waals surface area contributed by atoms with Crippen molar-refractivity contribution in [3.8, 4) is 11.4 Å². The number of hydrogen-bond acceptors (Lipinski definition) is 4. The molecular formula is C6H5N3O. The van der Waals surface area contributed by atoms with Crippen LogP contribution in [0.3, 0.4) is 0 Å². The fourth-order valence-corrected chi connectivity index (χ4v) is 0.776. The highest BCUT2D eigenvalue weighted by Crippen LogP contribution is 2.14. The quantitative estimate of drug-likeness (QED) is 0.538. The summed E-state index contributed by atoms with van der Waals surface area (Å²) in [4.78, 5) is 0. The molecule has 0 saturated heterocycles. The maximum atomic E-state index is 4.87. The van der Waals surface area contributed by atoms with E-state index >= 15 is 0 Å². The molecule has 0 aromatic carbocycles. The van der Waals surface area contributed by atoms with Crippen molar-refractivity contribution < 1.29 is 4.52 Å². The van der Waals surface area contributed by atoms with Crippen LogP contribution >= 0.6 is 0 Å². The number of aromatic nitrogens is 3. The van der Waals surface area contributed by atoms with Crippen molar-refractivity contribution in [1.82, 2.24) is 15.4 Å². The van der Waals surface area contributed by atoms with E-state index in [4.69, 9.17) is 4.52 Å². The predicted octanol–water partition coefficient (Wildman–Crippen LogP) is 0.878. The van der Waals surface area contributed by atoms with Crippen LogP contribution in [0.5, 0.6) is 0 Å². The van der Waals surface area contributed by atoms with Gasteiger partial charge in [0.15, 0.2) is 5.69 Å². The fourth-order valence-electron chi connectivity index (χ4n) is 0.776. The number of nitrogens with zero attached hydrogens (tertiary/aromatic N) is 3. The van der Waals surface area contributed by atoms with Crippen LogP contribution in [0.25, 0.3) is 11.4 Å². The molecule has 0 aromatic heterocycles. The van der Waals surface area contributed by atoms with Crippen LogP contribution in [0.15, 0.2) is 16.8 Å². The summed E-state index contributed by atoms with van der Waals surface area (Å²) < 4.78 is 4.87. The van der Waals surface area contributed by atoms with Crippen molar-refractivity contribution in [2.24, 2.45) is 0 Å². The normalized spacial score (nSPS) is 10.5. The number of fused-ring (bicyclic) bond motifs is 1. The molecule has 0 atom stereocenters. The molecule has 0 N–H and O–H groups in total. The molecule has 2 aliphatic heterocycles. The van der Waals surface area contributed by atoms with Gasteiger partial charge in [0.25, 0.3) is 0 Å². The van der Waals surface area contributed by atoms with E-state index in [0.717, 1.165) is 11.5 Å². The summed E-state index contributed by atoms with van der Waals surface area (Å²) in [6.07, 6.45) is 1.57. The van der Waals surface area contributed by atoms with Crippen molar-refractivity contribution in [1.29, 1.82) is 0 Å². The zero-order valence-electron chi connectivity index (χ0n) is 5.40. The summed E-state index contributed by atoms with van der Waals surface area (Å²) in [5.41, 5.74) is 1.48. The zero-order chi connectivity index (χ0) is 6.97. The Morgan fingerprint density at radius 1 is 1.40 bits per heavy atom. The van der Waals surface area contributed by atoms with Crippen LogP contribution in [0, 0.1) is 6.92 Å². The van der Waals surface area contributed by atoms with Gasteiger partial charge in [-0.25, -0.2) is 0 Å². The van der Waals surface area contributed by atoms with Crippen LogP contribution in [-0.2, 0) is 0 Å². The average Bonchev–Trinajstić information content (AvgIpc) is 2.33. The van der Waals surface area contributed by atoms with Gasteiger partial charge in [-0.2, -0.15) is 5.10 Å². The minimum Gasteiger partial charge on any atom is -0.361 e. The lowest BCUT2D eigenvalue weighted by atomic mass is 10.3. The summed E-state index contributed by atoms with van der Waals surface area (Å²) in [7, 11) is 0. The van der Waals surface area contributed by atoms with E-state index in [1.165, 1.54) is 0 Å². The van der Waals surface area contributed by atoms with Gasteiger partial charge in [0.2, 0.25) is 0 Å². The molecule has 0 bridgehead atoms. The summed E-state index contributed by atoms with van der Waals surface area (Å²) in [6.45, 7) is 1.82. The van der Waals surface area contributed by atoms with E-state index in [0.29, 0.717) is 5.69 Å². The van der Waals surface area contributed by atoms with Gasteiger partial charge < -0.3 is 4.52 Å². The second kappa shape index (κ2) is 1.76. The molecule has 2 rings (SSSR count). The highest BCUT2D eigenvalue weighted by molar-refractivity contribution is 5.52. The fraction of sp³-hybridized carbons (Fsp3) is 0.167. The van der Waals surface area contributed by atoms with Gasteiger partial charge in [-0.15, -0.1) is 5.10 Å². The second-order valence-corrected chi connectivity index (χ2v) is 2.05. The third kappa shape index (κ3) is 0.655. The lowest BCUT2D eigenvalue weighted by Gasteiger charge is -1.91. The molecule has 50 valence electrons. The minimum atomic E-state index is 0.700. The van der Waals surface area contributed by atoms with Gasteiger partial charge in [0.05, 0.1) is 6.20 Å². The molecule has 0 aliphatic carbocycles. The van der Waals surface area contributed by atoms with E-state index in [1.807, 2.05) is 6.92 Å². The molecule has 0 amide bonds. The van der Waals surface area contributed by atoms with Gasteiger partial charge >= 0.3 is 0 Å². The molecule has 2 heterocycles. The van der Waals surface area contributed by atoms with E-state index in [1.54, 1.807) is 12.3 Å². The standard InChI is InChI=1S/C6H5N3O/c1-4-2-5-6(9-10-4)3-7-8-5/h2-3H,1H3. The Labute approximate surface area is 57.2 Å². The summed E-state index contributed by atoms with van der Waals surface area (Å²) in [6, 6.07) is 1.80. The van der Waals surface area contributed by atoms with Crippen molar-refractivity contribution in [3.05, 3.63) is 18.0 Å². The lowest BCUT2D eigenvalue weighted by Crippen LogP contribution is -1.82. The Morgan fingerprint density at radius 2 is 2.30 bits per heavy atom. The van der Waals surface area contributed by atoms with E-state index in [9.17, 15) is 0 Å². The van der Waals surface area contributed by atoms with Crippen LogP contribution in [0.4, 0.5) is 0 Å². The summed E-state index contributed by atoms with van der Waals surface area (Å²) in [5.74, 6) is 0.744. The summed E-state index contributed by atoms with van der Waals surface area (Å²) in [5, 5.41) is 11.2. The minimum absolute atomic E-state index is 0.700. The van der Waals surface area contributed by atoms with Crippen LogP contribution in [-0.4, -0.2) is 15.4 Å². The first-order chi connectivity index (χ1) is 4.86. The predicted molar refractivity (Wildman–Crippen MR) is 33.5 cm³/mol. The molecular weight excluding hydrogens is 130 g/mol. The van der Waals surface area contributed by atoms with Gasteiger partial charge in [-0.3, -0.25) is 0 Å². The molecule has 0 aromatic rings. The second-order valence-electron chi connectivity index (χ2n) is 2.05. The van der Waals surface area contributed by atoms with E-state index in [2.05, 4.69) is 15.4 Å². The maximum absolute atomic E-state index is 4.87. The van der Waals surface area contributed by atoms with Crippen LogP contribution in [0.2, 0.25) is 0 Å². The highest BCUT2D eigenvalue weighted by atomic mass is 16.5. The first-order valence-electron chi connectivity index (χ1n) is 2.91. The van der Waals surface area contributed by atoms with E-state index in [-0.39, 0.29) is 0 Å². The molecule has 0 saturated carbocycles. The number of aryl methyl sites for hydroxylation is 1. The Kier molecular flexibility index (Phi) is 0.943. The third-order valence-corrected chi connectivity index (χ3v) is 1.24. The maximum Gasteiger partial charge on any atom is 0.151 e. The first kappa shape index (κ1) is 5.34. The first-order valence-corrected chi connectivity index (χ1v) is 2.91.